The standard InChI is InChI=1S/C17H23NO/c1-18(2)13-17(14-7-5-4-6-8-14)15-9-11-16(19-3)12-10-15/h4-5,8-12,17H,6-7,13H2,1-3H3. The Morgan fingerprint density at radius 3 is 2.42 bits per heavy atom. The Hall–Kier alpha value is -1.54. The van der Waals surface area contributed by atoms with Gasteiger partial charge in [-0.05, 0) is 44.6 Å². The Labute approximate surface area is 116 Å². The minimum absolute atomic E-state index is 0.478. The van der Waals surface area contributed by atoms with Crippen molar-refractivity contribution in [2.45, 2.75) is 18.8 Å². The molecular formula is C17H23NO. The number of rotatable bonds is 5. The van der Waals surface area contributed by atoms with Crippen molar-refractivity contribution in [1.82, 2.24) is 4.90 Å². The van der Waals surface area contributed by atoms with Gasteiger partial charge >= 0.3 is 0 Å². The quantitative estimate of drug-likeness (QED) is 0.747. The molecule has 0 amide bonds. The summed E-state index contributed by atoms with van der Waals surface area (Å²) < 4.78 is 5.24. The molecule has 0 saturated heterocycles. The minimum Gasteiger partial charge on any atom is -0.497 e. The number of ether oxygens (including phenoxy) is 1. The van der Waals surface area contributed by atoms with E-state index < -0.39 is 0 Å². The van der Waals surface area contributed by atoms with Crippen LogP contribution in [0.2, 0.25) is 0 Å². The smallest absolute Gasteiger partial charge is 0.118 e. The van der Waals surface area contributed by atoms with Crippen molar-refractivity contribution >= 4 is 0 Å². The molecule has 1 aromatic rings. The fourth-order valence-electron chi connectivity index (χ4n) is 2.54. The monoisotopic (exact) mass is 257 g/mol. The Morgan fingerprint density at radius 2 is 1.89 bits per heavy atom. The van der Waals surface area contributed by atoms with E-state index in [9.17, 15) is 0 Å². The molecule has 0 N–H and O–H groups in total. The molecule has 0 radical (unpaired) electrons. The van der Waals surface area contributed by atoms with Crippen LogP contribution in [-0.2, 0) is 0 Å². The van der Waals surface area contributed by atoms with Crippen molar-refractivity contribution in [3.63, 3.8) is 0 Å². The molecule has 2 nitrogen and oxygen atoms in total. The molecule has 0 fully saturated rings. The van der Waals surface area contributed by atoms with Gasteiger partial charge < -0.3 is 9.64 Å². The third-order valence-electron chi connectivity index (χ3n) is 3.55. The van der Waals surface area contributed by atoms with Crippen LogP contribution in [0.4, 0.5) is 0 Å². The van der Waals surface area contributed by atoms with E-state index in [1.165, 1.54) is 11.1 Å². The number of hydrogen-bond donors (Lipinski definition) is 0. The third kappa shape index (κ3) is 3.71. The van der Waals surface area contributed by atoms with E-state index in [1.54, 1.807) is 7.11 Å². The molecule has 1 unspecified atom stereocenters. The van der Waals surface area contributed by atoms with Crippen molar-refractivity contribution in [2.75, 3.05) is 27.7 Å². The van der Waals surface area contributed by atoms with Crippen molar-refractivity contribution in [3.8, 4) is 5.75 Å². The number of nitrogens with zero attached hydrogens (tertiary/aromatic N) is 1. The Morgan fingerprint density at radius 1 is 1.16 bits per heavy atom. The van der Waals surface area contributed by atoms with E-state index in [4.69, 9.17) is 4.74 Å². The van der Waals surface area contributed by atoms with Crippen LogP contribution in [-0.4, -0.2) is 32.6 Å². The zero-order chi connectivity index (χ0) is 13.7. The Balaban J connectivity index is 2.22. The lowest BCUT2D eigenvalue weighted by molar-refractivity contribution is 0.387. The number of allylic oxidation sites excluding steroid dienone is 3. The Bertz CT molecular complexity index is 457. The fourth-order valence-corrected chi connectivity index (χ4v) is 2.54. The third-order valence-corrected chi connectivity index (χ3v) is 3.55. The topological polar surface area (TPSA) is 12.5 Å². The molecule has 0 aromatic heterocycles. The predicted octanol–water partition coefficient (Wildman–Crippen LogP) is 3.62. The maximum absolute atomic E-state index is 5.24. The summed E-state index contributed by atoms with van der Waals surface area (Å²) in [6, 6.07) is 8.48. The first kappa shape index (κ1) is 13.9. The van der Waals surface area contributed by atoms with Crippen LogP contribution in [0, 0.1) is 0 Å². The summed E-state index contributed by atoms with van der Waals surface area (Å²) in [5.41, 5.74) is 2.90. The van der Waals surface area contributed by atoms with Gasteiger partial charge in [-0.3, -0.25) is 0 Å². The summed E-state index contributed by atoms with van der Waals surface area (Å²) in [7, 11) is 5.98. The van der Waals surface area contributed by atoms with Crippen LogP contribution >= 0.6 is 0 Å². The first-order valence-corrected chi connectivity index (χ1v) is 6.83. The molecule has 1 atom stereocenters. The van der Waals surface area contributed by atoms with Gasteiger partial charge in [-0.25, -0.2) is 0 Å². The maximum Gasteiger partial charge on any atom is 0.118 e. The molecule has 1 aliphatic rings. The van der Waals surface area contributed by atoms with Gasteiger partial charge in [-0.2, -0.15) is 0 Å². The molecule has 102 valence electrons. The van der Waals surface area contributed by atoms with E-state index in [-0.39, 0.29) is 0 Å². The maximum atomic E-state index is 5.24. The second kappa shape index (κ2) is 6.58. The molecule has 0 spiro atoms. The summed E-state index contributed by atoms with van der Waals surface area (Å²) in [4.78, 5) is 2.26. The van der Waals surface area contributed by atoms with E-state index in [2.05, 4.69) is 61.5 Å². The van der Waals surface area contributed by atoms with Crippen molar-refractivity contribution in [1.29, 1.82) is 0 Å². The Kier molecular flexibility index (Phi) is 4.80. The van der Waals surface area contributed by atoms with Crippen LogP contribution < -0.4 is 4.74 Å². The zero-order valence-electron chi connectivity index (χ0n) is 12.1. The van der Waals surface area contributed by atoms with Crippen LogP contribution in [0.3, 0.4) is 0 Å². The lowest BCUT2D eigenvalue weighted by Gasteiger charge is -2.25. The number of likely N-dealkylation sites (N-methyl/N-ethyl adjacent to an activating group) is 1. The second-order valence-corrected chi connectivity index (χ2v) is 5.28. The molecule has 0 aliphatic heterocycles. The van der Waals surface area contributed by atoms with Gasteiger partial charge in [-0.15, -0.1) is 0 Å². The van der Waals surface area contributed by atoms with Gasteiger partial charge in [0, 0.05) is 12.5 Å². The van der Waals surface area contributed by atoms with Crippen molar-refractivity contribution in [3.05, 3.63) is 53.6 Å². The van der Waals surface area contributed by atoms with Crippen LogP contribution in [0.15, 0.2) is 48.1 Å². The lowest BCUT2D eigenvalue weighted by atomic mass is 9.86. The van der Waals surface area contributed by atoms with E-state index in [0.717, 1.165) is 25.1 Å². The molecule has 1 aliphatic carbocycles. The summed E-state index contributed by atoms with van der Waals surface area (Å²) in [5, 5.41) is 0. The second-order valence-electron chi connectivity index (χ2n) is 5.28. The van der Waals surface area contributed by atoms with Crippen molar-refractivity contribution < 1.29 is 4.74 Å². The SMILES string of the molecule is COc1ccc(C(CN(C)C)C2=CCC=CC2)cc1. The summed E-state index contributed by atoms with van der Waals surface area (Å²) in [5.74, 6) is 1.40. The number of methoxy groups -OCH3 is 1. The molecule has 2 heteroatoms. The van der Waals surface area contributed by atoms with Crippen molar-refractivity contribution in [2.24, 2.45) is 0 Å². The molecule has 0 heterocycles. The highest BCUT2D eigenvalue weighted by Gasteiger charge is 2.17. The average Bonchev–Trinajstić information content (AvgIpc) is 2.46. The van der Waals surface area contributed by atoms with Gasteiger partial charge in [0.2, 0.25) is 0 Å². The molecule has 19 heavy (non-hydrogen) atoms. The molecule has 2 rings (SSSR count). The highest BCUT2D eigenvalue weighted by Crippen LogP contribution is 2.31. The van der Waals surface area contributed by atoms with E-state index in [0.29, 0.717) is 5.92 Å². The first-order valence-electron chi connectivity index (χ1n) is 6.83. The minimum atomic E-state index is 0.478. The fraction of sp³-hybridized carbons (Fsp3) is 0.412. The predicted molar refractivity (Wildman–Crippen MR) is 80.7 cm³/mol. The van der Waals surface area contributed by atoms with Crippen LogP contribution in [0.5, 0.6) is 5.75 Å². The van der Waals surface area contributed by atoms with Gasteiger partial charge in [-0.1, -0.05) is 35.9 Å². The first-order chi connectivity index (χ1) is 9.20. The van der Waals surface area contributed by atoms with Crippen LogP contribution in [0.1, 0.15) is 24.3 Å². The summed E-state index contributed by atoms with van der Waals surface area (Å²) in [6.07, 6.45) is 9.03. The highest BCUT2D eigenvalue weighted by molar-refractivity contribution is 5.36. The highest BCUT2D eigenvalue weighted by atomic mass is 16.5. The van der Waals surface area contributed by atoms with E-state index in [1.807, 2.05) is 0 Å². The van der Waals surface area contributed by atoms with Gasteiger partial charge in [0.15, 0.2) is 0 Å². The molecule has 0 saturated carbocycles. The number of benzene rings is 1. The van der Waals surface area contributed by atoms with Gasteiger partial charge in [0.05, 0.1) is 7.11 Å². The molecule has 0 bridgehead atoms. The normalized spacial score (nSPS) is 16.3. The summed E-state index contributed by atoms with van der Waals surface area (Å²) in [6.45, 7) is 1.05. The zero-order valence-corrected chi connectivity index (χ0v) is 12.1. The molecular weight excluding hydrogens is 234 g/mol. The van der Waals surface area contributed by atoms with Gasteiger partial charge in [0.1, 0.15) is 5.75 Å². The average molecular weight is 257 g/mol. The molecule has 1 aromatic carbocycles. The number of hydrogen-bond acceptors (Lipinski definition) is 2. The van der Waals surface area contributed by atoms with E-state index >= 15 is 0 Å². The summed E-state index contributed by atoms with van der Waals surface area (Å²) >= 11 is 0. The lowest BCUT2D eigenvalue weighted by Crippen LogP contribution is -2.22. The van der Waals surface area contributed by atoms with Gasteiger partial charge in [0.25, 0.3) is 0 Å². The largest absolute Gasteiger partial charge is 0.497 e. The van der Waals surface area contributed by atoms with Crippen LogP contribution in [0.25, 0.3) is 0 Å².